The molecule has 0 saturated heterocycles. The van der Waals surface area contributed by atoms with Gasteiger partial charge in [-0.25, -0.2) is 0 Å². The molecular weight excluding hydrogens is 283 g/mol. The molecule has 2 aliphatic rings. The quantitative estimate of drug-likeness (QED) is 0.871. The van der Waals surface area contributed by atoms with Gasteiger partial charge < -0.3 is 5.32 Å². The number of hydrogen-bond acceptors (Lipinski definition) is 2. The summed E-state index contributed by atoms with van der Waals surface area (Å²) in [6, 6.07) is -0.680. The van der Waals surface area contributed by atoms with Gasteiger partial charge in [-0.05, 0) is 37.0 Å². The Balaban J connectivity index is 2.19. The monoisotopic (exact) mass is 299 g/mol. The fourth-order valence-corrected chi connectivity index (χ4v) is 2.69. The van der Waals surface area contributed by atoms with Gasteiger partial charge in [-0.3, -0.25) is 9.59 Å². The van der Waals surface area contributed by atoms with Gasteiger partial charge in [0.1, 0.15) is 0 Å². The molecule has 0 fully saturated rings. The van der Waals surface area contributed by atoms with Crippen LogP contribution in [-0.4, -0.2) is 23.9 Å². The highest BCUT2D eigenvalue weighted by Gasteiger charge is 2.40. The molecule has 3 nitrogen and oxygen atoms in total. The second kappa shape index (κ2) is 5.50. The van der Waals surface area contributed by atoms with Gasteiger partial charge in [0, 0.05) is 11.5 Å². The Kier molecular flexibility index (Phi) is 4.07. The molecular formula is C15H16F3NO2. The Morgan fingerprint density at radius 3 is 2.52 bits per heavy atom. The molecule has 0 aliphatic heterocycles. The predicted molar refractivity (Wildman–Crippen MR) is 71.3 cm³/mol. The first-order valence-electron chi connectivity index (χ1n) is 6.75. The molecule has 1 N–H and O–H groups in total. The second-order valence-corrected chi connectivity index (χ2v) is 5.27. The van der Waals surface area contributed by atoms with Crippen molar-refractivity contribution in [3.8, 4) is 0 Å². The Morgan fingerprint density at radius 1 is 1.33 bits per heavy atom. The summed E-state index contributed by atoms with van der Waals surface area (Å²) in [5, 5.41) is 1.96. The van der Waals surface area contributed by atoms with E-state index < -0.39 is 18.1 Å². The number of Topliss-reactive ketones (excluding diaryl/α,β-unsaturated/α-hetero) is 1. The SMILES string of the molecule is CCC1C=C2CC(NC(=O)C(F)(F)F)C=C2C=C1C(C)=O. The molecule has 2 atom stereocenters. The zero-order valence-electron chi connectivity index (χ0n) is 11.8. The van der Waals surface area contributed by atoms with Crippen LogP contribution in [0.2, 0.25) is 0 Å². The van der Waals surface area contributed by atoms with Crippen molar-refractivity contribution in [3.63, 3.8) is 0 Å². The van der Waals surface area contributed by atoms with Gasteiger partial charge in [0.05, 0.1) is 6.04 Å². The average molecular weight is 299 g/mol. The van der Waals surface area contributed by atoms with E-state index in [0.29, 0.717) is 12.0 Å². The van der Waals surface area contributed by atoms with E-state index in [-0.39, 0.29) is 11.7 Å². The summed E-state index contributed by atoms with van der Waals surface area (Å²) in [5.74, 6) is -1.99. The van der Waals surface area contributed by atoms with Crippen LogP contribution in [0, 0.1) is 5.92 Å². The van der Waals surface area contributed by atoms with Gasteiger partial charge in [0.25, 0.3) is 0 Å². The van der Waals surface area contributed by atoms with Crippen LogP contribution in [0.15, 0.2) is 34.9 Å². The number of ketones is 1. The van der Waals surface area contributed by atoms with Crippen molar-refractivity contribution in [1.82, 2.24) is 5.32 Å². The van der Waals surface area contributed by atoms with E-state index in [1.165, 1.54) is 6.92 Å². The summed E-state index contributed by atoms with van der Waals surface area (Å²) in [7, 11) is 0. The van der Waals surface area contributed by atoms with Gasteiger partial charge in [-0.2, -0.15) is 13.2 Å². The van der Waals surface area contributed by atoms with Crippen LogP contribution in [-0.2, 0) is 9.59 Å². The zero-order valence-corrected chi connectivity index (χ0v) is 11.8. The lowest BCUT2D eigenvalue weighted by molar-refractivity contribution is -0.174. The first kappa shape index (κ1) is 15.5. The molecule has 0 aromatic heterocycles. The maximum Gasteiger partial charge on any atom is 0.471 e. The molecule has 2 rings (SSSR count). The van der Waals surface area contributed by atoms with Crippen molar-refractivity contribution in [2.75, 3.05) is 0 Å². The van der Waals surface area contributed by atoms with Gasteiger partial charge >= 0.3 is 12.1 Å². The maximum absolute atomic E-state index is 12.3. The number of fused-ring (bicyclic) bond motifs is 1. The summed E-state index contributed by atoms with van der Waals surface area (Å²) in [4.78, 5) is 22.6. The van der Waals surface area contributed by atoms with E-state index >= 15 is 0 Å². The molecule has 2 unspecified atom stereocenters. The number of amides is 1. The molecule has 1 amide bonds. The van der Waals surface area contributed by atoms with Crippen molar-refractivity contribution in [2.45, 2.75) is 38.9 Å². The number of nitrogens with one attached hydrogen (secondary N) is 1. The number of carbonyl (C=O) groups is 2. The van der Waals surface area contributed by atoms with Crippen LogP contribution in [0.1, 0.15) is 26.7 Å². The Bertz CT molecular complexity index is 570. The van der Waals surface area contributed by atoms with Crippen LogP contribution in [0.4, 0.5) is 13.2 Å². The van der Waals surface area contributed by atoms with Crippen molar-refractivity contribution in [2.24, 2.45) is 5.92 Å². The van der Waals surface area contributed by atoms with Crippen LogP contribution in [0.3, 0.4) is 0 Å². The van der Waals surface area contributed by atoms with E-state index in [2.05, 4.69) is 0 Å². The first-order valence-corrected chi connectivity index (χ1v) is 6.75. The Morgan fingerprint density at radius 2 is 2.00 bits per heavy atom. The van der Waals surface area contributed by atoms with Gasteiger partial charge in [-0.1, -0.05) is 19.1 Å². The zero-order chi connectivity index (χ0) is 15.8. The van der Waals surface area contributed by atoms with Crippen LogP contribution >= 0.6 is 0 Å². The van der Waals surface area contributed by atoms with Crippen molar-refractivity contribution in [3.05, 3.63) is 34.9 Å². The van der Waals surface area contributed by atoms with E-state index in [4.69, 9.17) is 0 Å². The highest BCUT2D eigenvalue weighted by Crippen LogP contribution is 2.36. The molecule has 0 spiro atoms. The van der Waals surface area contributed by atoms with E-state index in [1.807, 2.05) is 18.3 Å². The van der Waals surface area contributed by atoms with Gasteiger partial charge in [0.2, 0.25) is 0 Å². The van der Waals surface area contributed by atoms with E-state index in [9.17, 15) is 22.8 Å². The molecule has 0 heterocycles. The van der Waals surface area contributed by atoms with Gasteiger partial charge in [0.15, 0.2) is 5.78 Å². The topological polar surface area (TPSA) is 46.2 Å². The largest absolute Gasteiger partial charge is 0.471 e. The van der Waals surface area contributed by atoms with Crippen molar-refractivity contribution >= 4 is 11.7 Å². The van der Waals surface area contributed by atoms with Crippen LogP contribution < -0.4 is 5.32 Å². The summed E-state index contributed by atoms with van der Waals surface area (Å²) in [6.07, 6.45) is 1.42. The van der Waals surface area contributed by atoms with Gasteiger partial charge in [-0.15, -0.1) is 0 Å². The summed E-state index contributed by atoms with van der Waals surface area (Å²) in [6.45, 7) is 3.43. The van der Waals surface area contributed by atoms with Crippen LogP contribution in [0.5, 0.6) is 0 Å². The lowest BCUT2D eigenvalue weighted by Crippen LogP contribution is -2.41. The third-order valence-corrected chi connectivity index (χ3v) is 3.72. The molecule has 114 valence electrons. The smallest absolute Gasteiger partial charge is 0.342 e. The number of carbonyl (C=O) groups excluding carboxylic acids is 2. The van der Waals surface area contributed by atoms with Crippen LogP contribution in [0.25, 0.3) is 0 Å². The standard InChI is InChI=1S/C15H16F3NO2/c1-3-9-4-10-5-12(19-14(21)15(16,17)18)6-11(10)7-13(9)8(2)20/h4,6-7,9,12H,3,5H2,1-2H3,(H,19,21). The Labute approximate surface area is 120 Å². The highest BCUT2D eigenvalue weighted by atomic mass is 19.4. The van der Waals surface area contributed by atoms with E-state index in [1.54, 1.807) is 12.2 Å². The molecule has 2 aliphatic carbocycles. The number of allylic oxidation sites excluding steroid dienone is 4. The third-order valence-electron chi connectivity index (χ3n) is 3.72. The molecule has 0 aromatic rings. The molecule has 0 aromatic carbocycles. The number of alkyl halides is 3. The second-order valence-electron chi connectivity index (χ2n) is 5.27. The fraction of sp³-hybridized carbons (Fsp3) is 0.467. The fourth-order valence-electron chi connectivity index (χ4n) is 2.69. The summed E-state index contributed by atoms with van der Waals surface area (Å²) < 4.78 is 36.8. The third kappa shape index (κ3) is 3.25. The molecule has 21 heavy (non-hydrogen) atoms. The highest BCUT2D eigenvalue weighted by molar-refractivity contribution is 5.95. The minimum Gasteiger partial charge on any atom is -0.342 e. The molecule has 0 saturated carbocycles. The normalized spacial score (nSPS) is 24.7. The summed E-state index contributed by atoms with van der Waals surface area (Å²) >= 11 is 0. The number of rotatable bonds is 3. The lowest BCUT2D eigenvalue weighted by atomic mass is 9.84. The van der Waals surface area contributed by atoms with Crippen molar-refractivity contribution < 1.29 is 22.8 Å². The predicted octanol–water partition coefficient (Wildman–Crippen LogP) is 2.85. The minimum absolute atomic E-state index is 0.00767. The van der Waals surface area contributed by atoms with E-state index in [0.717, 1.165) is 17.6 Å². The molecule has 6 heteroatoms. The summed E-state index contributed by atoms with van der Waals surface area (Å²) in [5.41, 5.74) is 2.28. The lowest BCUT2D eigenvalue weighted by Gasteiger charge is -2.20. The maximum atomic E-state index is 12.3. The minimum atomic E-state index is -4.88. The average Bonchev–Trinajstić information content (AvgIpc) is 2.76. The first-order chi connectivity index (χ1) is 9.72. The number of hydrogen-bond donors (Lipinski definition) is 1. The molecule has 0 bridgehead atoms. The Hall–Kier alpha value is -1.85. The number of halogens is 3. The molecule has 0 radical (unpaired) electrons. The van der Waals surface area contributed by atoms with Crippen molar-refractivity contribution in [1.29, 1.82) is 0 Å².